The van der Waals surface area contributed by atoms with Crippen LogP contribution in [-0.4, -0.2) is 70.7 Å². The van der Waals surface area contributed by atoms with E-state index in [4.69, 9.17) is 18.5 Å². The van der Waals surface area contributed by atoms with Gasteiger partial charge in [0.1, 0.15) is 19.3 Å². The highest BCUT2D eigenvalue weighted by molar-refractivity contribution is 7.45. The highest BCUT2D eigenvalue weighted by atomic mass is 31.2. The van der Waals surface area contributed by atoms with Crippen LogP contribution >= 0.6 is 7.82 Å². The van der Waals surface area contributed by atoms with Gasteiger partial charge in [0.2, 0.25) is 0 Å². The molecule has 0 radical (unpaired) electrons. The third-order valence-corrected chi connectivity index (χ3v) is 12.1. The van der Waals surface area contributed by atoms with Crippen LogP contribution < -0.4 is 4.89 Å². The predicted octanol–water partition coefficient (Wildman–Crippen LogP) is 15.1. The molecule has 0 spiro atoms. The molecule has 2 unspecified atom stereocenters. The number of quaternary nitrogens is 1. The van der Waals surface area contributed by atoms with E-state index in [9.17, 15) is 14.3 Å². The summed E-state index contributed by atoms with van der Waals surface area (Å²) < 4.78 is 34.7. The Morgan fingerprint density at radius 3 is 1.41 bits per heavy atom. The second-order valence-electron chi connectivity index (χ2n) is 18.5. The number of likely N-dealkylation sites (N-methyl/N-ethyl adjacent to an activating group) is 1. The largest absolute Gasteiger partial charge is 0.756 e. The zero-order valence-corrected chi connectivity index (χ0v) is 41.8. The molecule has 0 rings (SSSR count). The Morgan fingerprint density at radius 1 is 0.508 bits per heavy atom. The van der Waals surface area contributed by atoms with Gasteiger partial charge in [-0.3, -0.25) is 9.36 Å². The monoisotopic (exact) mass is 882 g/mol. The minimum atomic E-state index is -4.53. The summed E-state index contributed by atoms with van der Waals surface area (Å²) in [7, 11) is 1.35. The van der Waals surface area contributed by atoms with E-state index in [0.717, 1.165) is 64.2 Å². The summed E-state index contributed by atoms with van der Waals surface area (Å²) in [5, 5.41) is 0. The maximum absolute atomic E-state index is 12.7. The molecule has 8 nitrogen and oxygen atoms in total. The van der Waals surface area contributed by atoms with E-state index in [1.54, 1.807) is 0 Å². The van der Waals surface area contributed by atoms with Crippen LogP contribution in [0.5, 0.6) is 0 Å². The van der Waals surface area contributed by atoms with Crippen LogP contribution in [0.25, 0.3) is 0 Å². The number of carbonyl (C=O) groups is 1. The first-order valence-electron chi connectivity index (χ1n) is 25.7. The van der Waals surface area contributed by atoms with Crippen molar-refractivity contribution < 1.29 is 37.3 Å². The molecule has 0 aliphatic carbocycles. The minimum absolute atomic E-state index is 0.0238. The maximum atomic E-state index is 12.7. The molecule has 360 valence electrons. The van der Waals surface area contributed by atoms with Crippen molar-refractivity contribution in [2.24, 2.45) is 0 Å². The molecule has 0 fully saturated rings. The van der Waals surface area contributed by atoms with Crippen molar-refractivity contribution in [3.8, 4) is 0 Å². The Bertz CT molecular complexity index is 1070. The van der Waals surface area contributed by atoms with Crippen molar-refractivity contribution >= 4 is 13.8 Å². The minimum Gasteiger partial charge on any atom is -0.756 e. The molecular weight excluding hydrogens is 782 g/mol. The molecule has 0 saturated carbocycles. The summed E-state index contributed by atoms with van der Waals surface area (Å²) in [4.78, 5) is 25.1. The van der Waals surface area contributed by atoms with Gasteiger partial charge in [-0.2, -0.15) is 0 Å². The second-order valence-corrected chi connectivity index (χ2v) is 19.9. The van der Waals surface area contributed by atoms with Crippen LogP contribution in [0, 0.1) is 0 Å². The Hall–Kier alpha value is -1.28. The van der Waals surface area contributed by atoms with Crippen LogP contribution in [0.3, 0.4) is 0 Å². The van der Waals surface area contributed by atoms with E-state index in [1.807, 2.05) is 21.1 Å². The van der Waals surface area contributed by atoms with Crippen LogP contribution in [0.1, 0.15) is 232 Å². The molecule has 0 aromatic rings. The van der Waals surface area contributed by atoms with Crippen molar-refractivity contribution in [3.05, 3.63) is 36.5 Å². The van der Waals surface area contributed by atoms with E-state index in [0.29, 0.717) is 24.1 Å². The average molecular weight is 882 g/mol. The number of hydrogen-bond donors (Lipinski definition) is 0. The molecule has 61 heavy (non-hydrogen) atoms. The number of hydrogen-bond acceptors (Lipinski definition) is 7. The van der Waals surface area contributed by atoms with Gasteiger partial charge in [-0.25, -0.2) is 0 Å². The first kappa shape index (κ1) is 59.7. The molecule has 0 aliphatic rings. The molecule has 0 amide bonds. The molecule has 0 aromatic carbocycles. The Morgan fingerprint density at radius 2 is 0.934 bits per heavy atom. The van der Waals surface area contributed by atoms with Gasteiger partial charge in [-0.05, 0) is 64.2 Å². The lowest BCUT2D eigenvalue weighted by atomic mass is 10.0. The first-order chi connectivity index (χ1) is 29.6. The van der Waals surface area contributed by atoms with Gasteiger partial charge in [-0.15, -0.1) is 0 Å². The van der Waals surface area contributed by atoms with E-state index >= 15 is 0 Å². The average Bonchev–Trinajstić information content (AvgIpc) is 3.22. The lowest BCUT2D eigenvalue weighted by Gasteiger charge is -2.28. The quantitative estimate of drug-likeness (QED) is 0.0197. The summed E-state index contributed by atoms with van der Waals surface area (Å²) in [5.74, 6) is -0.346. The van der Waals surface area contributed by atoms with E-state index < -0.39 is 13.9 Å². The van der Waals surface area contributed by atoms with Gasteiger partial charge < -0.3 is 27.9 Å². The van der Waals surface area contributed by atoms with Gasteiger partial charge in [0.25, 0.3) is 7.82 Å². The van der Waals surface area contributed by atoms with Gasteiger partial charge in [0.15, 0.2) is 0 Å². The maximum Gasteiger partial charge on any atom is 0.306 e. The summed E-state index contributed by atoms with van der Waals surface area (Å²) in [5.41, 5.74) is 0. The van der Waals surface area contributed by atoms with Crippen molar-refractivity contribution in [2.45, 2.75) is 238 Å². The molecule has 0 aromatic heterocycles. The first-order valence-corrected chi connectivity index (χ1v) is 27.2. The SMILES string of the molecule is CCC/C=C\C/C=C\CCCCCCCC(=O)OC(COCCCCCCCCCCCCCCCC/C=C\CCCCCCCCCC)COP(=O)([O-])OCC[N+](C)(C)C. The normalized spacial score (nSPS) is 13.9. The van der Waals surface area contributed by atoms with Crippen molar-refractivity contribution in [3.63, 3.8) is 0 Å². The lowest BCUT2D eigenvalue weighted by Crippen LogP contribution is -2.37. The Labute approximate surface area is 378 Å². The molecule has 0 aliphatic heterocycles. The van der Waals surface area contributed by atoms with Gasteiger partial charge in [0, 0.05) is 13.0 Å². The number of carbonyl (C=O) groups excluding carboxylic acids is 1. The van der Waals surface area contributed by atoms with E-state index in [2.05, 4.69) is 50.3 Å². The highest BCUT2D eigenvalue weighted by Crippen LogP contribution is 2.38. The number of phosphoric acid groups is 1. The Balaban J connectivity index is 4.03. The molecule has 0 saturated heterocycles. The van der Waals surface area contributed by atoms with Crippen molar-refractivity contribution in [2.75, 3.05) is 54.1 Å². The van der Waals surface area contributed by atoms with E-state index in [1.165, 1.54) is 148 Å². The molecule has 0 bridgehead atoms. The molecule has 2 atom stereocenters. The standard InChI is InChI=1S/C52H100NO7P/c1-6-8-10-12-14-16-18-20-21-22-23-24-25-26-27-28-29-30-31-32-34-36-38-40-42-44-47-57-49-51(50-59-61(55,56)58-48-46-53(3,4)5)60-52(54)45-43-41-39-37-35-33-19-17-15-13-11-9-7-2/h11,13,17,19,22-23,51H,6-10,12,14-16,18,20-21,24-50H2,1-5H3/b13-11-,19-17-,23-22-. The van der Waals surface area contributed by atoms with Crippen LogP contribution in [0.2, 0.25) is 0 Å². The predicted molar refractivity (Wildman–Crippen MR) is 259 cm³/mol. The third-order valence-electron chi connectivity index (χ3n) is 11.1. The number of rotatable bonds is 48. The summed E-state index contributed by atoms with van der Waals surface area (Å²) in [6.07, 6.45) is 54.7. The highest BCUT2D eigenvalue weighted by Gasteiger charge is 2.20. The molecule has 0 heterocycles. The number of nitrogens with zero attached hydrogens (tertiary/aromatic N) is 1. The van der Waals surface area contributed by atoms with E-state index in [-0.39, 0.29) is 25.8 Å². The van der Waals surface area contributed by atoms with Crippen LogP contribution in [0.15, 0.2) is 36.5 Å². The van der Waals surface area contributed by atoms with Crippen molar-refractivity contribution in [1.29, 1.82) is 0 Å². The fourth-order valence-corrected chi connectivity index (χ4v) is 7.90. The summed E-state index contributed by atoms with van der Waals surface area (Å²) in [6, 6.07) is 0. The number of unbranched alkanes of at least 4 members (excludes halogenated alkanes) is 28. The topological polar surface area (TPSA) is 94.1 Å². The fraction of sp³-hybridized carbons (Fsp3) is 0.865. The Kier molecular flexibility index (Phi) is 44.3. The molecule has 0 N–H and O–H groups in total. The van der Waals surface area contributed by atoms with Crippen LogP contribution in [-0.2, 0) is 27.9 Å². The second kappa shape index (κ2) is 45.3. The number of allylic oxidation sites excluding steroid dienone is 6. The van der Waals surface area contributed by atoms with Gasteiger partial charge >= 0.3 is 5.97 Å². The number of phosphoric ester groups is 1. The van der Waals surface area contributed by atoms with Gasteiger partial charge in [0.05, 0.1) is 34.4 Å². The van der Waals surface area contributed by atoms with Gasteiger partial charge in [-0.1, -0.05) is 198 Å². The fourth-order valence-electron chi connectivity index (χ4n) is 7.17. The molecular formula is C52H100NO7P. The summed E-state index contributed by atoms with van der Waals surface area (Å²) >= 11 is 0. The third kappa shape index (κ3) is 49.6. The number of ether oxygens (including phenoxy) is 2. The lowest BCUT2D eigenvalue weighted by molar-refractivity contribution is -0.870. The zero-order valence-electron chi connectivity index (χ0n) is 40.9. The molecule has 9 heteroatoms. The zero-order chi connectivity index (χ0) is 44.8. The number of esters is 1. The summed E-state index contributed by atoms with van der Waals surface area (Å²) in [6.45, 7) is 5.36. The smallest absolute Gasteiger partial charge is 0.306 e. The van der Waals surface area contributed by atoms with Crippen molar-refractivity contribution in [1.82, 2.24) is 0 Å². The van der Waals surface area contributed by atoms with Crippen LogP contribution in [0.4, 0.5) is 0 Å².